The molecule has 0 saturated carbocycles. The van der Waals surface area contributed by atoms with E-state index in [1.807, 2.05) is 12.1 Å². The largest absolute Gasteiger partial charge is 0.508 e. The Bertz CT molecular complexity index is 705. The number of aromatic hydroxyl groups is 1. The molecule has 0 aliphatic rings. The number of benzene rings is 1. The third-order valence-electron chi connectivity index (χ3n) is 7.58. The van der Waals surface area contributed by atoms with Crippen molar-refractivity contribution in [1.82, 2.24) is 10.6 Å². The maximum absolute atomic E-state index is 12.0. The number of amides is 2. The van der Waals surface area contributed by atoms with Gasteiger partial charge in [-0.05, 0) is 37.0 Å². The monoisotopic (exact) mass is 544 g/mol. The van der Waals surface area contributed by atoms with Crippen molar-refractivity contribution in [2.45, 2.75) is 155 Å². The molecule has 0 aromatic heterocycles. The van der Waals surface area contributed by atoms with E-state index in [-0.39, 0.29) is 17.6 Å². The molecule has 3 N–H and O–H groups in total. The van der Waals surface area contributed by atoms with Crippen LogP contribution in [0, 0.1) is 0 Å². The average molecular weight is 545 g/mol. The van der Waals surface area contributed by atoms with Gasteiger partial charge in [0.05, 0.1) is 0 Å². The Hall–Kier alpha value is -2.04. The molecule has 0 saturated heterocycles. The smallest absolute Gasteiger partial charge is 0.220 e. The van der Waals surface area contributed by atoms with Crippen LogP contribution in [0.25, 0.3) is 0 Å². The predicted octanol–water partition coefficient (Wildman–Crippen LogP) is 8.77. The van der Waals surface area contributed by atoms with E-state index in [0.29, 0.717) is 32.4 Å². The van der Waals surface area contributed by atoms with Crippen LogP contribution >= 0.6 is 0 Å². The van der Waals surface area contributed by atoms with Gasteiger partial charge in [0.2, 0.25) is 11.8 Å². The first-order valence-corrected chi connectivity index (χ1v) is 16.4. The number of hydrogen-bond donors (Lipinski definition) is 3. The van der Waals surface area contributed by atoms with Crippen molar-refractivity contribution < 1.29 is 14.7 Å². The zero-order valence-corrected chi connectivity index (χ0v) is 25.3. The van der Waals surface area contributed by atoms with Crippen LogP contribution in [0.4, 0.5) is 0 Å². The van der Waals surface area contributed by atoms with E-state index in [1.54, 1.807) is 12.1 Å². The lowest BCUT2D eigenvalue weighted by Gasteiger charge is -2.07. The second-order valence-electron chi connectivity index (χ2n) is 11.3. The second kappa shape index (κ2) is 26.2. The molecule has 1 aromatic rings. The minimum absolute atomic E-state index is 0.0156. The van der Waals surface area contributed by atoms with Gasteiger partial charge in [0.25, 0.3) is 0 Å². The highest BCUT2D eigenvalue weighted by Crippen LogP contribution is 2.15. The fourth-order valence-corrected chi connectivity index (χ4v) is 5.03. The number of phenolic OH excluding ortho intramolecular Hbond substituents is 1. The molecule has 0 heterocycles. The molecule has 0 unspecified atom stereocenters. The lowest BCUT2D eigenvalue weighted by Crippen LogP contribution is -2.28. The van der Waals surface area contributed by atoms with Gasteiger partial charge in [0.1, 0.15) is 5.75 Å². The fraction of sp³-hybridized carbons (Fsp3) is 0.765. The number of carbonyl (C=O) groups excluding carboxylic acids is 2. The third kappa shape index (κ3) is 23.6. The maximum atomic E-state index is 12.0. The van der Waals surface area contributed by atoms with Crippen molar-refractivity contribution in [3.05, 3.63) is 29.8 Å². The van der Waals surface area contributed by atoms with Gasteiger partial charge in [-0.2, -0.15) is 0 Å². The van der Waals surface area contributed by atoms with E-state index in [2.05, 4.69) is 17.6 Å². The lowest BCUT2D eigenvalue weighted by atomic mass is 10.0. The first kappa shape index (κ1) is 35.0. The predicted molar refractivity (Wildman–Crippen MR) is 165 cm³/mol. The topological polar surface area (TPSA) is 78.4 Å². The summed E-state index contributed by atoms with van der Waals surface area (Å²) in [5.41, 5.74) is 1.08. The van der Waals surface area contributed by atoms with Crippen LogP contribution in [-0.2, 0) is 16.0 Å². The van der Waals surface area contributed by atoms with Gasteiger partial charge in [0.15, 0.2) is 0 Å². The number of hydrogen-bond acceptors (Lipinski definition) is 3. The van der Waals surface area contributed by atoms with Crippen LogP contribution in [0.2, 0.25) is 0 Å². The van der Waals surface area contributed by atoms with Gasteiger partial charge in [0, 0.05) is 25.9 Å². The number of phenols is 1. The molecule has 0 fully saturated rings. The van der Waals surface area contributed by atoms with E-state index in [4.69, 9.17) is 0 Å². The SMILES string of the molecule is CCCCCCCCCCCCCCCCCCCCCC(=O)NCCCC(=O)NCCc1ccc(O)cc1. The normalized spacial score (nSPS) is 11.0. The van der Waals surface area contributed by atoms with Gasteiger partial charge < -0.3 is 15.7 Å². The van der Waals surface area contributed by atoms with Gasteiger partial charge in [-0.25, -0.2) is 0 Å². The zero-order chi connectivity index (χ0) is 28.2. The van der Waals surface area contributed by atoms with Crippen molar-refractivity contribution in [2.24, 2.45) is 0 Å². The standard InChI is InChI=1S/C34H60N2O3/c1-2-3-4-5-6-7-8-9-10-11-12-13-14-15-16-17-18-19-20-22-33(38)35-29-21-23-34(39)36-30-28-31-24-26-32(37)27-25-31/h24-27,37H,2-23,28-30H2,1H3,(H,35,38)(H,36,39). The Morgan fingerprint density at radius 3 is 1.38 bits per heavy atom. The van der Waals surface area contributed by atoms with Crippen molar-refractivity contribution in [3.63, 3.8) is 0 Å². The van der Waals surface area contributed by atoms with E-state index >= 15 is 0 Å². The number of nitrogens with one attached hydrogen (secondary N) is 2. The molecule has 0 aliphatic heterocycles. The van der Waals surface area contributed by atoms with Crippen molar-refractivity contribution in [1.29, 1.82) is 0 Å². The molecule has 2 amide bonds. The Morgan fingerprint density at radius 2 is 0.923 bits per heavy atom. The molecule has 5 nitrogen and oxygen atoms in total. The van der Waals surface area contributed by atoms with E-state index in [1.165, 1.54) is 109 Å². The molecule has 0 bridgehead atoms. The molecule has 0 atom stereocenters. The molecule has 39 heavy (non-hydrogen) atoms. The van der Waals surface area contributed by atoms with Crippen LogP contribution in [0.3, 0.4) is 0 Å². The highest BCUT2D eigenvalue weighted by Gasteiger charge is 2.04. The van der Waals surface area contributed by atoms with Crippen LogP contribution in [0.5, 0.6) is 5.75 Å². The number of rotatable bonds is 27. The number of carbonyl (C=O) groups is 2. The summed E-state index contributed by atoms with van der Waals surface area (Å²) < 4.78 is 0. The minimum atomic E-state index is 0.0156. The molecular weight excluding hydrogens is 484 g/mol. The van der Waals surface area contributed by atoms with E-state index < -0.39 is 0 Å². The maximum Gasteiger partial charge on any atom is 0.220 e. The Kier molecular flexibility index (Phi) is 23.5. The molecule has 224 valence electrons. The molecular formula is C34H60N2O3. The minimum Gasteiger partial charge on any atom is -0.508 e. The highest BCUT2D eigenvalue weighted by atomic mass is 16.3. The molecule has 0 aliphatic carbocycles. The summed E-state index contributed by atoms with van der Waals surface area (Å²) in [5.74, 6) is 0.372. The van der Waals surface area contributed by atoms with Crippen LogP contribution in [-0.4, -0.2) is 30.0 Å². The fourth-order valence-electron chi connectivity index (χ4n) is 5.03. The summed E-state index contributed by atoms with van der Waals surface area (Å²) in [5, 5.41) is 15.1. The van der Waals surface area contributed by atoms with Gasteiger partial charge >= 0.3 is 0 Å². The summed E-state index contributed by atoms with van der Waals surface area (Å²) in [6.07, 6.45) is 28.2. The van der Waals surface area contributed by atoms with Crippen molar-refractivity contribution in [2.75, 3.05) is 13.1 Å². The molecule has 5 heteroatoms. The van der Waals surface area contributed by atoms with Gasteiger partial charge in [-0.3, -0.25) is 9.59 Å². The third-order valence-corrected chi connectivity index (χ3v) is 7.58. The van der Waals surface area contributed by atoms with Crippen molar-refractivity contribution in [3.8, 4) is 5.75 Å². The molecule has 1 aromatic carbocycles. The second-order valence-corrected chi connectivity index (χ2v) is 11.3. The van der Waals surface area contributed by atoms with Crippen LogP contribution < -0.4 is 10.6 Å². The van der Waals surface area contributed by atoms with Crippen molar-refractivity contribution >= 4 is 11.8 Å². The summed E-state index contributed by atoms with van der Waals surface area (Å²) in [6, 6.07) is 7.03. The highest BCUT2D eigenvalue weighted by molar-refractivity contribution is 5.77. The summed E-state index contributed by atoms with van der Waals surface area (Å²) in [6.45, 7) is 3.42. The van der Waals surface area contributed by atoms with Crippen LogP contribution in [0.15, 0.2) is 24.3 Å². The molecule has 0 radical (unpaired) electrons. The lowest BCUT2D eigenvalue weighted by molar-refractivity contribution is -0.123. The van der Waals surface area contributed by atoms with Gasteiger partial charge in [-0.15, -0.1) is 0 Å². The average Bonchev–Trinajstić information content (AvgIpc) is 2.93. The van der Waals surface area contributed by atoms with Crippen LogP contribution in [0.1, 0.15) is 154 Å². The Morgan fingerprint density at radius 1 is 0.538 bits per heavy atom. The zero-order valence-electron chi connectivity index (χ0n) is 25.3. The molecule has 0 spiro atoms. The Balaban J connectivity index is 1.76. The van der Waals surface area contributed by atoms with E-state index in [0.717, 1.165) is 24.8 Å². The summed E-state index contributed by atoms with van der Waals surface area (Å²) >= 11 is 0. The van der Waals surface area contributed by atoms with E-state index in [9.17, 15) is 14.7 Å². The van der Waals surface area contributed by atoms with Gasteiger partial charge in [-0.1, -0.05) is 135 Å². The summed E-state index contributed by atoms with van der Waals surface area (Å²) in [4.78, 5) is 23.9. The molecule has 1 rings (SSSR count). The summed E-state index contributed by atoms with van der Waals surface area (Å²) in [7, 11) is 0. The Labute approximate surface area is 240 Å². The first-order chi connectivity index (χ1) is 19.1. The number of unbranched alkanes of at least 4 members (excludes halogenated alkanes) is 18. The first-order valence-electron chi connectivity index (χ1n) is 16.4. The quantitative estimate of drug-likeness (QED) is 0.0969.